The first-order valence-electron chi connectivity index (χ1n) is 9.48. The number of amides is 1. The largest absolute Gasteiger partial charge is 0.322 e. The molecule has 156 valence electrons. The van der Waals surface area contributed by atoms with Crippen molar-refractivity contribution in [3.8, 4) is 0 Å². The summed E-state index contributed by atoms with van der Waals surface area (Å²) in [4.78, 5) is 12.9. The molecular weight excluding hydrogens is 420 g/mol. The van der Waals surface area contributed by atoms with Gasteiger partial charge in [-0.15, -0.1) is 0 Å². The Bertz CT molecular complexity index is 1160. The molecule has 0 bridgehead atoms. The zero-order chi connectivity index (χ0) is 21.9. The number of carbonyl (C=O) groups excluding carboxylic acids is 1. The van der Waals surface area contributed by atoms with Crippen LogP contribution >= 0.6 is 11.6 Å². The number of hydrogen-bond acceptors (Lipinski definition) is 3. The lowest BCUT2D eigenvalue weighted by Crippen LogP contribution is -2.27. The van der Waals surface area contributed by atoms with Crippen LogP contribution in [0.2, 0.25) is 5.02 Å². The van der Waals surface area contributed by atoms with Crippen LogP contribution in [0.1, 0.15) is 28.4 Å². The van der Waals surface area contributed by atoms with Crippen molar-refractivity contribution in [3.05, 3.63) is 88.4 Å². The van der Waals surface area contributed by atoms with Crippen molar-refractivity contribution < 1.29 is 13.2 Å². The summed E-state index contributed by atoms with van der Waals surface area (Å²) in [5.74, 6) is -0.410. The molecule has 1 amide bonds. The van der Waals surface area contributed by atoms with E-state index in [-0.39, 0.29) is 15.5 Å². The van der Waals surface area contributed by atoms with Crippen LogP contribution < -0.4 is 9.62 Å². The standard InChI is InChI=1S/C23H23ClN2O3S/c1-4-17-7-9-18(10-8-17)25-23(27)21-15-19(11-14-22(21)24)26(3)30(28,29)20-12-5-16(2)6-13-20/h5-15H,4H2,1-3H3,(H,25,27). The van der Waals surface area contributed by atoms with E-state index in [0.717, 1.165) is 21.9 Å². The minimum absolute atomic E-state index is 0.174. The van der Waals surface area contributed by atoms with Crippen LogP contribution in [-0.2, 0) is 16.4 Å². The van der Waals surface area contributed by atoms with E-state index < -0.39 is 15.9 Å². The molecule has 0 aromatic heterocycles. The van der Waals surface area contributed by atoms with E-state index in [4.69, 9.17) is 11.6 Å². The van der Waals surface area contributed by atoms with Crippen LogP contribution in [-0.4, -0.2) is 21.4 Å². The van der Waals surface area contributed by atoms with Gasteiger partial charge in [-0.3, -0.25) is 9.10 Å². The van der Waals surface area contributed by atoms with Crippen molar-refractivity contribution in [2.24, 2.45) is 0 Å². The highest BCUT2D eigenvalue weighted by Crippen LogP contribution is 2.27. The summed E-state index contributed by atoms with van der Waals surface area (Å²) in [5.41, 5.74) is 3.30. The molecular formula is C23H23ClN2O3S. The summed E-state index contributed by atoms with van der Waals surface area (Å²) in [6, 6.07) is 18.7. The summed E-state index contributed by atoms with van der Waals surface area (Å²) in [6.45, 7) is 3.94. The van der Waals surface area contributed by atoms with E-state index >= 15 is 0 Å². The van der Waals surface area contributed by atoms with Gasteiger partial charge in [-0.2, -0.15) is 0 Å². The van der Waals surface area contributed by atoms with Gasteiger partial charge >= 0.3 is 0 Å². The number of hydrogen-bond donors (Lipinski definition) is 1. The van der Waals surface area contributed by atoms with Crippen LogP contribution in [0.5, 0.6) is 0 Å². The third-order valence-corrected chi connectivity index (χ3v) is 6.99. The van der Waals surface area contributed by atoms with Gasteiger partial charge in [-0.1, -0.05) is 48.4 Å². The van der Waals surface area contributed by atoms with Gasteiger partial charge in [0.15, 0.2) is 0 Å². The number of nitrogens with one attached hydrogen (secondary N) is 1. The van der Waals surface area contributed by atoms with Gasteiger partial charge in [-0.05, 0) is 61.4 Å². The molecule has 0 aliphatic carbocycles. The predicted molar refractivity (Wildman–Crippen MR) is 122 cm³/mol. The molecule has 0 saturated carbocycles. The molecule has 7 heteroatoms. The molecule has 0 fully saturated rings. The second kappa shape index (κ2) is 8.90. The van der Waals surface area contributed by atoms with Crippen molar-refractivity contribution in [1.82, 2.24) is 0 Å². The Kier molecular flexibility index (Phi) is 6.48. The van der Waals surface area contributed by atoms with Crippen LogP contribution in [0.4, 0.5) is 11.4 Å². The normalized spacial score (nSPS) is 11.2. The van der Waals surface area contributed by atoms with E-state index in [1.54, 1.807) is 30.3 Å². The Morgan fingerprint density at radius 2 is 1.63 bits per heavy atom. The summed E-state index contributed by atoms with van der Waals surface area (Å²) < 4.78 is 27.0. The highest BCUT2D eigenvalue weighted by atomic mass is 35.5. The molecule has 0 heterocycles. The van der Waals surface area contributed by atoms with Crippen molar-refractivity contribution in [2.75, 3.05) is 16.7 Å². The minimum Gasteiger partial charge on any atom is -0.322 e. The highest BCUT2D eigenvalue weighted by Gasteiger charge is 2.23. The average molecular weight is 443 g/mol. The first-order valence-corrected chi connectivity index (χ1v) is 11.3. The molecule has 0 atom stereocenters. The summed E-state index contributed by atoms with van der Waals surface area (Å²) in [6.07, 6.45) is 0.907. The molecule has 0 aliphatic rings. The molecule has 3 aromatic rings. The third-order valence-electron chi connectivity index (χ3n) is 4.86. The molecule has 0 radical (unpaired) electrons. The van der Waals surface area contributed by atoms with E-state index in [2.05, 4.69) is 12.2 Å². The quantitative estimate of drug-likeness (QED) is 0.564. The minimum atomic E-state index is -3.77. The lowest BCUT2D eigenvalue weighted by molar-refractivity contribution is 0.102. The molecule has 0 saturated heterocycles. The predicted octanol–water partition coefficient (Wildman–Crippen LogP) is 5.29. The molecule has 5 nitrogen and oxygen atoms in total. The Morgan fingerprint density at radius 1 is 1.00 bits per heavy atom. The molecule has 0 aliphatic heterocycles. The van der Waals surface area contributed by atoms with Crippen molar-refractivity contribution in [2.45, 2.75) is 25.2 Å². The van der Waals surface area contributed by atoms with E-state index in [0.29, 0.717) is 11.4 Å². The fourth-order valence-electron chi connectivity index (χ4n) is 2.91. The molecule has 1 N–H and O–H groups in total. The van der Waals surface area contributed by atoms with Crippen molar-refractivity contribution in [1.29, 1.82) is 0 Å². The van der Waals surface area contributed by atoms with Crippen LogP contribution in [0.3, 0.4) is 0 Å². The average Bonchev–Trinajstić information content (AvgIpc) is 2.74. The van der Waals surface area contributed by atoms with Gasteiger partial charge in [0.25, 0.3) is 15.9 Å². The SMILES string of the molecule is CCc1ccc(NC(=O)c2cc(N(C)S(=O)(=O)c3ccc(C)cc3)ccc2Cl)cc1. The smallest absolute Gasteiger partial charge is 0.264 e. The van der Waals surface area contributed by atoms with Crippen LogP contribution in [0, 0.1) is 6.92 Å². The first kappa shape index (κ1) is 21.9. The van der Waals surface area contributed by atoms with Gasteiger partial charge in [0.1, 0.15) is 0 Å². The second-order valence-corrected chi connectivity index (χ2v) is 9.33. The lowest BCUT2D eigenvalue weighted by atomic mass is 10.1. The van der Waals surface area contributed by atoms with Crippen molar-refractivity contribution in [3.63, 3.8) is 0 Å². The number of carbonyl (C=O) groups is 1. The Morgan fingerprint density at radius 3 is 2.23 bits per heavy atom. The summed E-state index contributed by atoms with van der Waals surface area (Å²) in [5, 5.41) is 3.04. The van der Waals surface area contributed by atoms with Crippen molar-refractivity contribution >= 4 is 38.9 Å². The third kappa shape index (κ3) is 4.66. The van der Waals surface area contributed by atoms with Gasteiger partial charge < -0.3 is 5.32 Å². The maximum Gasteiger partial charge on any atom is 0.264 e. The first-order chi connectivity index (χ1) is 14.2. The number of rotatable bonds is 6. The summed E-state index contributed by atoms with van der Waals surface area (Å²) in [7, 11) is -2.32. The molecule has 3 aromatic carbocycles. The topological polar surface area (TPSA) is 66.5 Å². The van der Waals surface area contributed by atoms with E-state index in [1.165, 1.54) is 19.2 Å². The molecule has 0 unspecified atom stereocenters. The second-order valence-electron chi connectivity index (χ2n) is 6.95. The molecule has 3 rings (SSSR count). The maximum atomic E-state index is 13.0. The van der Waals surface area contributed by atoms with Crippen LogP contribution in [0.25, 0.3) is 0 Å². The molecule has 30 heavy (non-hydrogen) atoms. The highest BCUT2D eigenvalue weighted by molar-refractivity contribution is 7.92. The van der Waals surface area contributed by atoms with Gasteiger partial charge in [-0.25, -0.2) is 8.42 Å². The van der Waals surface area contributed by atoms with E-state index in [1.807, 2.05) is 31.2 Å². The maximum absolute atomic E-state index is 13.0. The van der Waals surface area contributed by atoms with Crippen LogP contribution in [0.15, 0.2) is 71.6 Å². The zero-order valence-electron chi connectivity index (χ0n) is 17.0. The summed E-state index contributed by atoms with van der Waals surface area (Å²) >= 11 is 6.23. The Hall–Kier alpha value is -2.83. The fraction of sp³-hybridized carbons (Fsp3) is 0.174. The number of aryl methyl sites for hydroxylation is 2. The zero-order valence-corrected chi connectivity index (χ0v) is 18.6. The number of nitrogens with zero attached hydrogens (tertiary/aromatic N) is 1. The Balaban J connectivity index is 1.88. The monoisotopic (exact) mass is 442 g/mol. The Labute approximate surface area is 182 Å². The number of sulfonamides is 1. The number of halogens is 1. The van der Waals surface area contributed by atoms with Gasteiger partial charge in [0.05, 0.1) is 21.2 Å². The van der Waals surface area contributed by atoms with Gasteiger partial charge in [0, 0.05) is 12.7 Å². The fourth-order valence-corrected chi connectivity index (χ4v) is 4.30. The number of anilines is 2. The number of benzene rings is 3. The van der Waals surface area contributed by atoms with Gasteiger partial charge in [0.2, 0.25) is 0 Å². The molecule has 0 spiro atoms. The lowest BCUT2D eigenvalue weighted by Gasteiger charge is -2.20. The van der Waals surface area contributed by atoms with E-state index in [9.17, 15) is 13.2 Å².